The van der Waals surface area contributed by atoms with Crippen LogP contribution >= 0.6 is 0 Å². The second-order valence-corrected chi connectivity index (χ2v) is 4.18. The molecule has 90 valence electrons. The minimum Gasteiger partial charge on any atom is -0.396 e. The quantitative estimate of drug-likeness (QED) is 0.835. The van der Waals surface area contributed by atoms with Gasteiger partial charge < -0.3 is 10.8 Å². The van der Waals surface area contributed by atoms with E-state index in [1.165, 1.54) is 11.1 Å². The fourth-order valence-corrected chi connectivity index (χ4v) is 1.86. The van der Waals surface area contributed by atoms with Crippen LogP contribution in [0.15, 0.2) is 30.5 Å². The monoisotopic (exact) mass is 231 g/mol. The first-order valence-corrected chi connectivity index (χ1v) is 5.67. The van der Waals surface area contributed by atoms with Crippen molar-refractivity contribution in [2.24, 2.45) is 0 Å². The van der Waals surface area contributed by atoms with Crippen LogP contribution in [-0.4, -0.2) is 21.5 Å². The van der Waals surface area contributed by atoms with Crippen LogP contribution in [0.25, 0.3) is 0 Å². The molecule has 0 bridgehead atoms. The van der Waals surface area contributed by atoms with Crippen molar-refractivity contribution < 1.29 is 5.11 Å². The molecule has 0 saturated heterocycles. The van der Waals surface area contributed by atoms with Crippen LogP contribution in [0, 0.1) is 6.92 Å². The van der Waals surface area contributed by atoms with E-state index in [4.69, 9.17) is 10.8 Å². The van der Waals surface area contributed by atoms with Gasteiger partial charge >= 0.3 is 0 Å². The maximum Gasteiger partial charge on any atom is 0.125 e. The summed E-state index contributed by atoms with van der Waals surface area (Å²) in [6.07, 6.45) is 2.28. The van der Waals surface area contributed by atoms with Crippen molar-refractivity contribution in [3.05, 3.63) is 47.2 Å². The lowest BCUT2D eigenvalue weighted by Crippen LogP contribution is -2.07. The summed E-state index contributed by atoms with van der Waals surface area (Å²) < 4.78 is 1.76. The summed E-state index contributed by atoms with van der Waals surface area (Å²) in [7, 11) is 0. The van der Waals surface area contributed by atoms with Gasteiger partial charge in [-0.1, -0.05) is 29.8 Å². The number of anilines is 1. The van der Waals surface area contributed by atoms with Crippen LogP contribution in [0.3, 0.4) is 0 Å². The van der Waals surface area contributed by atoms with Gasteiger partial charge in [0.15, 0.2) is 0 Å². The van der Waals surface area contributed by atoms with Crippen molar-refractivity contribution in [3.63, 3.8) is 0 Å². The van der Waals surface area contributed by atoms with E-state index in [1.807, 2.05) is 6.07 Å². The van der Waals surface area contributed by atoms with E-state index in [-0.39, 0.29) is 6.61 Å². The van der Waals surface area contributed by atoms with Gasteiger partial charge in [-0.3, -0.25) is 0 Å². The molecular formula is C13H17N3O. The molecule has 4 nitrogen and oxygen atoms in total. The maximum atomic E-state index is 8.89. The molecule has 3 N–H and O–H groups in total. The molecule has 2 aromatic rings. The lowest BCUT2D eigenvalue weighted by Gasteiger charge is -2.06. The minimum absolute atomic E-state index is 0.0976. The summed E-state index contributed by atoms with van der Waals surface area (Å²) in [4.78, 5) is 0. The van der Waals surface area contributed by atoms with Crippen molar-refractivity contribution in [3.8, 4) is 0 Å². The molecular weight excluding hydrogens is 214 g/mol. The van der Waals surface area contributed by atoms with Crippen molar-refractivity contribution >= 4 is 5.82 Å². The van der Waals surface area contributed by atoms with E-state index < -0.39 is 0 Å². The van der Waals surface area contributed by atoms with Crippen LogP contribution in [0.4, 0.5) is 5.82 Å². The Kier molecular flexibility index (Phi) is 3.44. The molecule has 0 aliphatic rings. The highest BCUT2D eigenvalue weighted by Crippen LogP contribution is 2.14. The highest BCUT2D eigenvalue weighted by atomic mass is 16.2. The average molecular weight is 231 g/mol. The molecule has 0 unspecified atom stereocenters. The predicted octanol–water partition coefficient (Wildman–Crippen LogP) is 1.36. The van der Waals surface area contributed by atoms with E-state index in [2.05, 4.69) is 30.2 Å². The molecule has 2 rings (SSSR count). The summed E-state index contributed by atoms with van der Waals surface area (Å²) in [5, 5.41) is 13.1. The number of hydrogen-bond donors (Lipinski definition) is 2. The number of nitrogens with zero attached hydrogens (tertiary/aromatic N) is 2. The van der Waals surface area contributed by atoms with Crippen LogP contribution in [0.5, 0.6) is 0 Å². The third-order valence-corrected chi connectivity index (χ3v) is 2.76. The smallest absolute Gasteiger partial charge is 0.125 e. The van der Waals surface area contributed by atoms with Gasteiger partial charge in [0.2, 0.25) is 0 Å². The van der Waals surface area contributed by atoms with Crippen LogP contribution in [-0.2, 0) is 13.0 Å². The predicted molar refractivity (Wildman–Crippen MR) is 67.7 cm³/mol. The Morgan fingerprint density at radius 1 is 1.41 bits per heavy atom. The van der Waals surface area contributed by atoms with Crippen molar-refractivity contribution in [1.29, 1.82) is 0 Å². The fourth-order valence-electron chi connectivity index (χ4n) is 1.86. The molecule has 0 radical (unpaired) electrons. The topological polar surface area (TPSA) is 64.1 Å². The SMILES string of the molecule is Cc1cccc(Cn2ncc(CCO)c2N)c1. The summed E-state index contributed by atoms with van der Waals surface area (Å²) in [5.41, 5.74) is 9.27. The summed E-state index contributed by atoms with van der Waals surface area (Å²) in [6, 6.07) is 8.26. The molecule has 1 heterocycles. The Balaban J connectivity index is 2.19. The number of nitrogen functional groups attached to an aromatic ring is 1. The molecule has 0 atom stereocenters. The Hall–Kier alpha value is -1.81. The molecule has 0 spiro atoms. The second kappa shape index (κ2) is 5.01. The third-order valence-electron chi connectivity index (χ3n) is 2.76. The van der Waals surface area contributed by atoms with Gasteiger partial charge in [0.25, 0.3) is 0 Å². The molecule has 0 saturated carbocycles. The van der Waals surface area contributed by atoms with Gasteiger partial charge in [0, 0.05) is 18.6 Å². The molecule has 0 aliphatic heterocycles. The van der Waals surface area contributed by atoms with Gasteiger partial charge in [-0.25, -0.2) is 4.68 Å². The number of benzene rings is 1. The molecule has 0 aliphatic carbocycles. The Labute approximate surface area is 101 Å². The third kappa shape index (κ3) is 2.65. The summed E-state index contributed by atoms with van der Waals surface area (Å²) in [6.45, 7) is 2.83. The number of aryl methyl sites for hydroxylation is 1. The average Bonchev–Trinajstić information content (AvgIpc) is 2.62. The Bertz CT molecular complexity index is 505. The highest BCUT2D eigenvalue weighted by Gasteiger charge is 2.07. The van der Waals surface area contributed by atoms with Crippen molar-refractivity contribution in [1.82, 2.24) is 9.78 Å². The number of aromatic nitrogens is 2. The van der Waals surface area contributed by atoms with Crippen molar-refractivity contribution in [2.75, 3.05) is 12.3 Å². The molecule has 0 fully saturated rings. The maximum absolute atomic E-state index is 8.89. The zero-order valence-corrected chi connectivity index (χ0v) is 9.93. The Morgan fingerprint density at radius 2 is 2.24 bits per heavy atom. The molecule has 17 heavy (non-hydrogen) atoms. The van der Waals surface area contributed by atoms with Crippen LogP contribution in [0.2, 0.25) is 0 Å². The number of aliphatic hydroxyl groups is 1. The zero-order valence-electron chi connectivity index (χ0n) is 9.93. The first-order chi connectivity index (χ1) is 8.20. The second-order valence-electron chi connectivity index (χ2n) is 4.18. The fraction of sp³-hybridized carbons (Fsp3) is 0.308. The van der Waals surface area contributed by atoms with Gasteiger partial charge in [-0.15, -0.1) is 0 Å². The first-order valence-electron chi connectivity index (χ1n) is 5.67. The highest BCUT2D eigenvalue weighted by molar-refractivity contribution is 5.39. The largest absolute Gasteiger partial charge is 0.396 e. The molecule has 1 aromatic heterocycles. The molecule has 1 aromatic carbocycles. The van der Waals surface area contributed by atoms with Gasteiger partial charge in [0.1, 0.15) is 5.82 Å². The Morgan fingerprint density at radius 3 is 2.94 bits per heavy atom. The standard InChI is InChI=1S/C13H17N3O/c1-10-3-2-4-11(7-10)9-16-13(14)12(5-6-17)8-15-16/h2-4,7-8,17H,5-6,9,14H2,1H3. The van der Waals surface area contributed by atoms with E-state index in [0.717, 1.165) is 5.56 Å². The van der Waals surface area contributed by atoms with Crippen molar-refractivity contribution in [2.45, 2.75) is 19.9 Å². The van der Waals surface area contributed by atoms with Gasteiger partial charge in [-0.2, -0.15) is 5.10 Å². The summed E-state index contributed by atoms with van der Waals surface area (Å²) in [5.74, 6) is 0.639. The lowest BCUT2D eigenvalue weighted by atomic mass is 10.1. The normalized spacial score (nSPS) is 10.7. The van der Waals surface area contributed by atoms with E-state index in [9.17, 15) is 0 Å². The lowest BCUT2D eigenvalue weighted by molar-refractivity contribution is 0.300. The first kappa shape index (κ1) is 11.7. The van der Waals surface area contributed by atoms with E-state index >= 15 is 0 Å². The van der Waals surface area contributed by atoms with Crippen LogP contribution in [0.1, 0.15) is 16.7 Å². The molecule has 0 amide bonds. The number of nitrogens with two attached hydrogens (primary N) is 1. The minimum atomic E-state index is 0.0976. The van der Waals surface area contributed by atoms with E-state index in [0.29, 0.717) is 18.8 Å². The number of hydrogen-bond acceptors (Lipinski definition) is 3. The molecule has 4 heteroatoms. The zero-order chi connectivity index (χ0) is 12.3. The summed E-state index contributed by atoms with van der Waals surface area (Å²) >= 11 is 0. The number of rotatable bonds is 4. The van der Waals surface area contributed by atoms with Crippen LogP contribution < -0.4 is 5.73 Å². The van der Waals surface area contributed by atoms with Gasteiger partial charge in [-0.05, 0) is 12.5 Å². The number of aliphatic hydroxyl groups excluding tert-OH is 1. The van der Waals surface area contributed by atoms with E-state index in [1.54, 1.807) is 10.9 Å². The van der Waals surface area contributed by atoms with Gasteiger partial charge in [0.05, 0.1) is 12.7 Å².